The van der Waals surface area contributed by atoms with Crippen LogP contribution < -0.4 is 4.90 Å². The van der Waals surface area contributed by atoms with Crippen LogP contribution in [-0.2, 0) is 20.8 Å². The van der Waals surface area contributed by atoms with Crippen molar-refractivity contribution in [3.8, 4) is 0 Å². The molecule has 6 nitrogen and oxygen atoms in total. The van der Waals surface area contributed by atoms with E-state index in [9.17, 15) is 4.79 Å². The van der Waals surface area contributed by atoms with E-state index in [4.69, 9.17) is 14.6 Å². The van der Waals surface area contributed by atoms with Gasteiger partial charge in [-0.25, -0.2) is 4.68 Å². The van der Waals surface area contributed by atoms with Crippen LogP contribution in [0.5, 0.6) is 0 Å². The Labute approximate surface area is 149 Å². The molecule has 136 valence electrons. The second kappa shape index (κ2) is 7.33. The molecular weight excluding hydrogens is 318 g/mol. The molecule has 0 radical (unpaired) electrons. The van der Waals surface area contributed by atoms with Crippen molar-refractivity contribution in [3.05, 3.63) is 34.9 Å². The number of hydrogen-bond acceptors (Lipinski definition) is 4. The number of rotatable bonds is 6. The first-order chi connectivity index (χ1) is 12.0. The number of aromatic nitrogens is 2. The largest absolute Gasteiger partial charge is 0.501 e. The number of ether oxygens (including phenoxy) is 2. The van der Waals surface area contributed by atoms with E-state index in [1.807, 2.05) is 29.5 Å². The van der Waals surface area contributed by atoms with Crippen molar-refractivity contribution >= 4 is 11.7 Å². The molecule has 25 heavy (non-hydrogen) atoms. The molecule has 6 heteroatoms. The Morgan fingerprint density at radius 3 is 2.72 bits per heavy atom. The number of allylic oxidation sites excluding steroid dienone is 2. The summed E-state index contributed by atoms with van der Waals surface area (Å²) in [6.45, 7) is 5.15. The lowest BCUT2D eigenvalue weighted by Crippen LogP contribution is -2.32. The fraction of sp³-hybridized carbons (Fsp3) is 0.579. The molecule has 1 aromatic rings. The van der Waals surface area contributed by atoms with Crippen LogP contribution in [0.15, 0.2) is 29.2 Å². The number of fused-ring (bicyclic) bond motifs is 1. The molecule has 3 rings (SSSR count). The first-order valence-electron chi connectivity index (χ1n) is 8.87. The van der Waals surface area contributed by atoms with Crippen molar-refractivity contribution in [3.63, 3.8) is 0 Å². The third-order valence-corrected chi connectivity index (χ3v) is 4.80. The fourth-order valence-electron chi connectivity index (χ4n) is 3.11. The van der Waals surface area contributed by atoms with Crippen molar-refractivity contribution in [1.82, 2.24) is 9.78 Å². The summed E-state index contributed by atoms with van der Waals surface area (Å²) < 4.78 is 12.7. The molecular formula is C19H27N3O3. The van der Waals surface area contributed by atoms with Gasteiger partial charge in [-0.2, -0.15) is 5.10 Å². The van der Waals surface area contributed by atoms with Gasteiger partial charge in [-0.1, -0.05) is 0 Å². The lowest BCUT2D eigenvalue weighted by Gasteiger charge is -2.22. The smallest absolute Gasteiger partial charge is 0.228 e. The van der Waals surface area contributed by atoms with Crippen molar-refractivity contribution in [2.45, 2.75) is 52.0 Å². The molecule has 1 aliphatic carbocycles. The number of anilines is 1. The standard InChI is InChI=1S/C19H27N3O3/c1-13(17(25-4)10-14(2)24-3)12-21-18-11-16(15-7-8-15)20-22(18)9-5-6-19(21)23/h10-11,15H,5-9,12H2,1-4H3/b14-10+,17-13-. The Hall–Kier alpha value is -2.24. The Bertz CT molecular complexity index is 713. The minimum atomic E-state index is 0.142. The molecule has 0 N–H and O–H groups in total. The van der Waals surface area contributed by atoms with E-state index in [1.54, 1.807) is 14.2 Å². The van der Waals surface area contributed by atoms with Crippen LogP contribution in [0, 0.1) is 0 Å². The van der Waals surface area contributed by atoms with Crippen LogP contribution in [0.25, 0.3) is 0 Å². The maximum atomic E-state index is 12.7. The van der Waals surface area contributed by atoms with Gasteiger partial charge in [0.05, 0.1) is 32.2 Å². The van der Waals surface area contributed by atoms with E-state index in [0.717, 1.165) is 41.6 Å². The van der Waals surface area contributed by atoms with Gasteiger partial charge in [-0.3, -0.25) is 9.69 Å². The zero-order chi connectivity index (χ0) is 18.0. The van der Waals surface area contributed by atoms with E-state index >= 15 is 0 Å². The third-order valence-electron chi connectivity index (χ3n) is 4.80. The molecule has 1 aliphatic heterocycles. The topological polar surface area (TPSA) is 56.6 Å². The summed E-state index contributed by atoms with van der Waals surface area (Å²) in [6.07, 6.45) is 5.64. The number of amides is 1. The number of aryl methyl sites for hydroxylation is 1. The summed E-state index contributed by atoms with van der Waals surface area (Å²) in [5, 5.41) is 4.73. The van der Waals surface area contributed by atoms with E-state index in [-0.39, 0.29) is 5.91 Å². The molecule has 0 aromatic carbocycles. The SMILES string of the molecule is COC(/C=C(\C)OC)=C(/C)CN1C(=O)CCCn2nc(C3CC3)cc21. The van der Waals surface area contributed by atoms with Gasteiger partial charge in [0.15, 0.2) is 0 Å². The number of carbonyl (C=O) groups is 1. The van der Waals surface area contributed by atoms with Crippen LogP contribution in [0.3, 0.4) is 0 Å². The second-order valence-corrected chi connectivity index (χ2v) is 6.82. The molecule has 1 fully saturated rings. The molecule has 0 spiro atoms. The lowest BCUT2D eigenvalue weighted by molar-refractivity contribution is -0.118. The van der Waals surface area contributed by atoms with Crippen LogP contribution in [0.1, 0.15) is 51.1 Å². The molecule has 1 amide bonds. The minimum absolute atomic E-state index is 0.142. The fourth-order valence-corrected chi connectivity index (χ4v) is 3.11. The van der Waals surface area contributed by atoms with Crippen LogP contribution >= 0.6 is 0 Å². The average molecular weight is 345 g/mol. The first kappa shape index (κ1) is 17.6. The average Bonchev–Trinajstić information content (AvgIpc) is 3.39. The molecule has 0 bridgehead atoms. The van der Waals surface area contributed by atoms with Gasteiger partial charge < -0.3 is 9.47 Å². The minimum Gasteiger partial charge on any atom is -0.501 e. The summed E-state index contributed by atoms with van der Waals surface area (Å²) in [7, 11) is 3.27. The maximum Gasteiger partial charge on any atom is 0.228 e. The van der Waals surface area contributed by atoms with Gasteiger partial charge in [0.1, 0.15) is 11.6 Å². The summed E-state index contributed by atoms with van der Waals surface area (Å²) >= 11 is 0. The van der Waals surface area contributed by atoms with Crippen LogP contribution in [-0.4, -0.2) is 36.5 Å². The summed E-state index contributed by atoms with van der Waals surface area (Å²) in [6, 6.07) is 2.09. The number of nitrogens with zero attached hydrogens (tertiary/aromatic N) is 3. The summed E-state index contributed by atoms with van der Waals surface area (Å²) in [5.74, 6) is 3.12. The number of hydrogen-bond donors (Lipinski definition) is 0. The lowest BCUT2D eigenvalue weighted by atomic mass is 10.2. The molecule has 0 atom stereocenters. The van der Waals surface area contributed by atoms with Crippen LogP contribution in [0.2, 0.25) is 0 Å². The van der Waals surface area contributed by atoms with E-state index < -0.39 is 0 Å². The molecule has 0 unspecified atom stereocenters. The molecule has 0 saturated heterocycles. The Morgan fingerprint density at radius 1 is 1.32 bits per heavy atom. The number of methoxy groups -OCH3 is 2. The highest BCUT2D eigenvalue weighted by atomic mass is 16.5. The van der Waals surface area contributed by atoms with Crippen molar-refractivity contribution in [1.29, 1.82) is 0 Å². The monoisotopic (exact) mass is 345 g/mol. The van der Waals surface area contributed by atoms with Crippen LogP contribution in [0.4, 0.5) is 5.82 Å². The normalized spacial score (nSPS) is 19.3. The van der Waals surface area contributed by atoms with Gasteiger partial charge in [0, 0.05) is 31.0 Å². The first-order valence-corrected chi connectivity index (χ1v) is 8.87. The summed E-state index contributed by atoms with van der Waals surface area (Å²) in [5.41, 5.74) is 2.10. The van der Waals surface area contributed by atoms with Gasteiger partial charge >= 0.3 is 0 Å². The quantitative estimate of drug-likeness (QED) is 0.586. The molecule has 2 heterocycles. The van der Waals surface area contributed by atoms with Gasteiger partial charge in [-0.05, 0) is 38.7 Å². The number of carbonyl (C=O) groups excluding carboxylic acids is 1. The van der Waals surface area contributed by atoms with E-state index in [0.29, 0.717) is 18.9 Å². The van der Waals surface area contributed by atoms with Gasteiger partial charge in [0.25, 0.3) is 0 Å². The Morgan fingerprint density at radius 2 is 2.08 bits per heavy atom. The predicted octanol–water partition coefficient (Wildman–Crippen LogP) is 3.36. The molecule has 1 aromatic heterocycles. The molecule has 2 aliphatic rings. The van der Waals surface area contributed by atoms with E-state index in [1.165, 1.54) is 12.8 Å². The zero-order valence-corrected chi connectivity index (χ0v) is 15.5. The van der Waals surface area contributed by atoms with Gasteiger partial charge in [0.2, 0.25) is 5.91 Å². The molecule has 1 saturated carbocycles. The zero-order valence-electron chi connectivity index (χ0n) is 15.5. The second-order valence-electron chi connectivity index (χ2n) is 6.82. The predicted molar refractivity (Wildman–Crippen MR) is 96.3 cm³/mol. The highest BCUT2D eigenvalue weighted by molar-refractivity contribution is 5.93. The third kappa shape index (κ3) is 3.89. The van der Waals surface area contributed by atoms with Crippen molar-refractivity contribution in [2.24, 2.45) is 0 Å². The summed E-state index contributed by atoms with van der Waals surface area (Å²) in [4.78, 5) is 14.5. The van der Waals surface area contributed by atoms with Crippen molar-refractivity contribution < 1.29 is 14.3 Å². The maximum absolute atomic E-state index is 12.7. The Balaban J connectivity index is 1.90. The van der Waals surface area contributed by atoms with Crippen molar-refractivity contribution in [2.75, 3.05) is 25.7 Å². The highest BCUT2D eigenvalue weighted by Crippen LogP contribution is 2.41. The Kier molecular flexibility index (Phi) is 5.16. The van der Waals surface area contributed by atoms with E-state index in [2.05, 4.69) is 6.07 Å². The highest BCUT2D eigenvalue weighted by Gasteiger charge is 2.31. The van der Waals surface area contributed by atoms with Gasteiger partial charge in [-0.15, -0.1) is 0 Å².